The van der Waals surface area contributed by atoms with Crippen LogP contribution in [-0.2, 0) is 17.6 Å². The number of ketones is 1. The lowest BCUT2D eigenvalue weighted by Crippen LogP contribution is -2.05. The molecule has 4 heteroatoms. The minimum Gasteiger partial charge on any atom is -0.466 e. The van der Waals surface area contributed by atoms with E-state index in [4.69, 9.17) is 4.42 Å². The zero-order chi connectivity index (χ0) is 16.9. The Hall–Kier alpha value is -2.36. The van der Waals surface area contributed by atoms with E-state index in [1.807, 2.05) is 12.1 Å². The fraction of sp³-hybridized carbons (Fsp3) is 0.400. The number of ether oxygens (including phenoxy) is 1. The largest absolute Gasteiger partial charge is 0.466 e. The number of methoxy groups -OCH3 is 1. The summed E-state index contributed by atoms with van der Waals surface area (Å²) in [5.41, 5.74) is 1.00. The molecule has 0 saturated heterocycles. The molecule has 0 amide bonds. The number of benzene rings is 1. The minimum absolute atomic E-state index is 0.0202. The molecule has 0 N–H and O–H groups in total. The maximum atomic E-state index is 12.3. The van der Waals surface area contributed by atoms with E-state index in [-0.39, 0.29) is 12.2 Å². The minimum atomic E-state index is -0.406. The van der Waals surface area contributed by atoms with Crippen molar-refractivity contribution in [3.8, 4) is 0 Å². The molecule has 3 rings (SSSR count). The highest BCUT2D eigenvalue weighted by molar-refractivity contribution is 5.98. The van der Waals surface area contributed by atoms with Crippen molar-refractivity contribution in [2.45, 2.75) is 38.5 Å². The molecule has 0 bridgehead atoms. The van der Waals surface area contributed by atoms with Crippen LogP contribution in [-0.4, -0.2) is 18.9 Å². The van der Waals surface area contributed by atoms with Gasteiger partial charge in [-0.3, -0.25) is 4.79 Å². The number of esters is 1. The molecular weight excluding hydrogens is 304 g/mol. The lowest BCUT2D eigenvalue weighted by atomic mass is 10.0. The molecule has 1 aromatic heterocycles. The topological polar surface area (TPSA) is 56.5 Å². The molecule has 4 nitrogen and oxygen atoms in total. The molecule has 0 radical (unpaired) electrons. The maximum Gasteiger partial charge on any atom is 0.337 e. The fourth-order valence-corrected chi connectivity index (χ4v) is 3.30. The molecule has 1 aliphatic carbocycles. The number of carbonyl (C=O) groups excluding carboxylic acids is 2. The van der Waals surface area contributed by atoms with Crippen LogP contribution in [0.1, 0.15) is 57.9 Å². The third-order valence-electron chi connectivity index (χ3n) is 4.64. The first kappa shape index (κ1) is 16.5. The van der Waals surface area contributed by atoms with Crippen molar-refractivity contribution in [2.24, 2.45) is 5.92 Å². The van der Waals surface area contributed by atoms with Gasteiger partial charge in [0.25, 0.3) is 0 Å². The van der Waals surface area contributed by atoms with Crippen LogP contribution < -0.4 is 0 Å². The Balaban J connectivity index is 1.60. The van der Waals surface area contributed by atoms with E-state index in [1.54, 1.807) is 24.3 Å². The normalized spacial score (nSPS) is 14.7. The summed E-state index contributed by atoms with van der Waals surface area (Å²) in [6.45, 7) is 0. The van der Waals surface area contributed by atoms with Gasteiger partial charge in [0.05, 0.1) is 19.1 Å². The van der Waals surface area contributed by atoms with Gasteiger partial charge in [0.1, 0.15) is 11.5 Å². The van der Waals surface area contributed by atoms with Gasteiger partial charge in [0, 0.05) is 12.0 Å². The van der Waals surface area contributed by atoms with E-state index in [0.717, 1.165) is 18.1 Å². The van der Waals surface area contributed by atoms with Crippen LogP contribution in [0.2, 0.25) is 0 Å². The molecule has 1 saturated carbocycles. The number of hydrogen-bond acceptors (Lipinski definition) is 4. The third kappa shape index (κ3) is 3.94. The van der Waals surface area contributed by atoms with E-state index in [1.165, 1.54) is 32.8 Å². The molecular formula is C20H22O4. The fourth-order valence-electron chi connectivity index (χ4n) is 3.30. The summed E-state index contributed by atoms with van der Waals surface area (Å²) in [4.78, 5) is 23.8. The van der Waals surface area contributed by atoms with E-state index in [9.17, 15) is 9.59 Å². The van der Waals surface area contributed by atoms with Crippen molar-refractivity contribution in [3.63, 3.8) is 0 Å². The zero-order valence-corrected chi connectivity index (χ0v) is 13.9. The van der Waals surface area contributed by atoms with Crippen LogP contribution in [0.4, 0.5) is 0 Å². The van der Waals surface area contributed by atoms with E-state index in [2.05, 4.69) is 4.74 Å². The number of furan rings is 1. The van der Waals surface area contributed by atoms with Crippen LogP contribution in [0, 0.1) is 5.92 Å². The summed E-state index contributed by atoms with van der Waals surface area (Å²) in [6, 6.07) is 10.4. The van der Waals surface area contributed by atoms with Crippen molar-refractivity contribution in [3.05, 3.63) is 59.0 Å². The smallest absolute Gasteiger partial charge is 0.337 e. The molecule has 1 heterocycles. The summed E-state index contributed by atoms with van der Waals surface area (Å²) >= 11 is 0. The Morgan fingerprint density at radius 1 is 1.00 bits per heavy atom. The van der Waals surface area contributed by atoms with Gasteiger partial charge < -0.3 is 9.15 Å². The van der Waals surface area contributed by atoms with Gasteiger partial charge in [-0.2, -0.15) is 0 Å². The second kappa shape index (κ2) is 7.47. The second-order valence-electron chi connectivity index (χ2n) is 6.39. The van der Waals surface area contributed by atoms with Crippen LogP contribution >= 0.6 is 0 Å². The van der Waals surface area contributed by atoms with Crippen molar-refractivity contribution >= 4 is 11.8 Å². The first-order valence-corrected chi connectivity index (χ1v) is 8.45. The Labute approximate surface area is 141 Å². The average molecular weight is 326 g/mol. The highest BCUT2D eigenvalue weighted by Gasteiger charge is 2.18. The SMILES string of the molecule is COC(=O)c1ccc(C(=O)Cc2ccc(CC3CCCC3)o2)cc1. The van der Waals surface area contributed by atoms with E-state index >= 15 is 0 Å². The molecule has 1 aliphatic rings. The molecule has 1 fully saturated rings. The second-order valence-corrected chi connectivity index (χ2v) is 6.39. The lowest BCUT2D eigenvalue weighted by Gasteiger charge is -2.05. The van der Waals surface area contributed by atoms with E-state index < -0.39 is 5.97 Å². The lowest BCUT2D eigenvalue weighted by molar-refractivity contribution is 0.0600. The van der Waals surface area contributed by atoms with Gasteiger partial charge in [-0.05, 0) is 30.2 Å². The average Bonchev–Trinajstić information content (AvgIpc) is 3.27. The summed E-state index contributed by atoms with van der Waals surface area (Å²) in [5, 5.41) is 0. The van der Waals surface area contributed by atoms with Gasteiger partial charge in [-0.15, -0.1) is 0 Å². The van der Waals surface area contributed by atoms with Crippen molar-refractivity contribution in [1.82, 2.24) is 0 Å². The highest BCUT2D eigenvalue weighted by atomic mass is 16.5. The molecule has 0 unspecified atom stereocenters. The summed E-state index contributed by atoms with van der Waals surface area (Å²) in [5.74, 6) is 1.98. The first-order chi connectivity index (χ1) is 11.7. The summed E-state index contributed by atoms with van der Waals surface area (Å²) in [6.07, 6.45) is 6.41. The van der Waals surface area contributed by atoms with Crippen molar-refractivity contribution in [1.29, 1.82) is 0 Å². The number of hydrogen-bond donors (Lipinski definition) is 0. The monoisotopic (exact) mass is 326 g/mol. The van der Waals surface area contributed by atoms with Crippen molar-refractivity contribution < 1.29 is 18.7 Å². The Morgan fingerprint density at radius 3 is 2.29 bits per heavy atom. The molecule has 126 valence electrons. The highest BCUT2D eigenvalue weighted by Crippen LogP contribution is 2.28. The van der Waals surface area contributed by atoms with Gasteiger partial charge in [-0.1, -0.05) is 37.8 Å². The van der Waals surface area contributed by atoms with Gasteiger partial charge in [0.2, 0.25) is 0 Å². The third-order valence-corrected chi connectivity index (χ3v) is 4.64. The Morgan fingerprint density at radius 2 is 1.62 bits per heavy atom. The molecule has 0 atom stereocenters. The van der Waals surface area contributed by atoms with Crippen LogP contribution in [0.25, 0.3) is 0 Å². The van der Waals surface area contributed by atoms with Gasteiger partial charge in [-0.25, -0.2) is 4.79 Å². The number of rotatable bonds is 6. The Kier molecular flexibility index (Phi) is 5.14. The quantitative estimate of drug-likeness (QED) is 0.589. The van der Waals surface area contributed by atoms with Crippen LogP contribution in [0.3, 0.4) is 0 Å². The van der Waals surface area contributed by atoms with Crippen molar-refractivity contribution in [2.75, 3.05) is 7.11 Å². The predicted octanol–water partition coefficient (Wildman–Crippen LogP) is 4.22. The molecule has 2 aromatic rings. The van der Waals surface area contributed by atoms with Crippen LogP contribution in [0.5, 0.6) is 0 Å². The summed E-state index contributed by atoms with van der Waals surface area (Å²) < 4.78 is 10.5. The van der Waals surface area contributed by atoms with Crippen LogP contribution in [0.15, 0.2) is 40.8 Å². The number of Topliss-reactive ketones (excluding diaryl/α,β-unsaturated/α-hetero) is 1. The van der Waals surface area contributed by atoms with E-state index in [0.29, 0.717) is 16.9 Å². The zero-order valence-electron chi connectivity index (χ0n) is 13.9. The first-order valence-electron chi connectivity index (χ1n) is 8.45. The molecule has 0 aliphatic heterocycles. The standard InChI is InChI=1S/C20H22O4/c1-23-20(22)16-8-6-15(7-9-16)19(21)13-18-11-10-17(24-18)12-14-4-2-3-5-14/h6-11,14H,2-5,12-13H2,1H3. The summed E-state index contributed by atoms with van der Waals surface area (Å²) in [7, 11) is 1.33. The number of carbonyl (C=O) groups is 2. The predicted molar refractivity (Wildman–Crippen MR) is 90.2 cm³/mol. The molecule has 0 spiro atoms. The molecule has 1 aromatic carbocycles. The molecule has 24 heavy (non-hydrogen) atoms. The Bertz CT molecular complexity index is 705. The van der Waals surface area contributed by atoms with Gasteiger partial charge in [0.15, 0.2) is 5.78 Å². The van der Waals surface area contributed by atoms with Gasteiger partial charge >= 0.3 is 5.97 Å². The maximum absolute atomic E-state index is 12.3.